The average molecular weight is 293 g/mol. The molecule has 1 aromatic carbocycles. The Morgan fingerprint density at radius 2 is 2.11 bits per heavy atom. The van der Waals surface area contributed by atoms with Gasteiger partial charge in [-0.05, 0) is 31.4 Å². The maximum Gasteiger partial charge on any atom is 0.243 e. The summed E-state index contributed by atoms with van der Waals surface area (Å²) in [6.07, 6.45) is 2.53. The van der Waals surface area contributed by atoms with Gasteiger partial charge in [-0.3, -0.25) is 0 Å². The molecule has 3 N–H and O–H groups in total. The molecule has 1 saturated carbocycles. The van der Waals surface area contributed by atoms with E-state index in [9.17, 15) is 12.8 Å². The van der Waals surface area contributed by atoms with Crippen LogP contribution in [0.1, 0.15) is 19.3 Å². The van der Waals surface area contributed by atoms with Gasteiger partial charge < -0.3 is 5.73 Å². The van der Waals surface area contributed by atoms with Crippen LogP contribution < -0.4 is 10.5 Å². The Balaban J connectivity index is 2.18. The van der Waals surface area contributed by atoms with E-state index in [2.05, 4.69) is 4.72 Å². The van der Waals surface area contributed by atoms with Gasteiger partial charge >= 0.3 is 0 Å². The minimum absolute atomic E-state index is 0.112. The Labute approximate surface area is 110 Å². The third-order valence-electron chi connectivity index (χ3n) is 3.17. The second-order valence-corrected chi connectivity index (χ2v) is 6.74. The minimum Gasteiger partial charge on any atom is -0.324 e. The highest BCUT2D eigenvalue weighted by atomic mass is 35.5. The van der Waals surface area contributed by atoms with Crippen molar-refractivity contribution in [3.8, 4) is 0 Å². The highest BCUT2D eigenvalue weighted by molar-refractivity contribution is 7.89. The summed E-state index contributed by atoms with van der Waals surface area (Å²) in [4.78, 5) is -0.446. The SMILES string of the molecule is NC1(CNS(=O)(=O)c2cccc(Cl)c2F)CCC1. The lowest BCUT2D eigenvalue weighted by Crippen LogP contribution is -2.54. The lowest BCUT2D eigenvalue weighted by atomic mass is 9.78. The number of hydrogen-bond acceptors (Lipinski definition) is 3. The van der Waals surface area contributed by atoms with Crippen molar-refractivity contribution < 1.29 is 12.8 Å². The molecular formula is C11H14ClFN2O2S. The average Bonchev–Trinajstić information content (AvgIpc) is 2.27. The predicted octanol–water partition coefficient (Wildman–Crippen LogP) is 1.64. The molecule has 0 unspecified atom stereocenters. The molecule has 0 bridgehead atoms. The lowest BCUT2D eigenvalue weighted by molar-refractivity contribution is 0.251. The first-order valence-corrected chi connectivity index (χ1v) is 7.43. The zero-order valence-corrected chi connectivity index (χ0v) is 11.2. The van der Waals surface area contributed by atoms with Crippen molar-refractivity contribution in [1.82, 2.24) is 4.72 Å². The molecule has 1 fully saturated rings. The van der Waals surface area contributed by atoms with Crippen molar-refractivity contribution in [2.75, 3.05) is 6.54 Å². The molecular weight excluding hydrogens is 279 g/mol. The summed E-state index contributed by atoms with van der Waals surface area (Å²) in [5, 5.41) is -0.219. The molecule has 1 aromatic rings. The Hall–Kier alpha value is -0.690. The quantitative estimate of drug-likeness (QED) is 0.886. The van der Waals surface area contributed by atoms with E-state index in [0.29, 0.717) is 0 Å². The number of benzene rings is 1. The Morgan fingerprint density at radius 3 is 2.67 bits per heavy atom. The summed E-state index contributed by atoms with van der Waals surface area (Å²) >= 11 is 5.56. The number of rotatable bonds is 4. The third-order valence-corrected chi connectivity index (χ3v) is 4.88. The zero-order chi connectivity index (χ0) is 13.4. The third kappa shape index (κ3) is 2.66. The van der Waals surface area contributed by atoms with Gasteiger partial charge in [-0.25, -0.2) is 17.5 Å². The molecule has 18 heavy (non-hydrogen) atoms. The topological polar surface area (TPSA) is 72.2 Å². The van der Waals surface area contributed by atoms with Gasteiger partial charge in [0.15, 0.2) is 5.82 Å². The van der Waals surface area contributed by atoms with Gasteiger partial charge in [-0.15, -0.1) is 0 Å². The van der Waals surface area contributed by atoms with Crippen LogP contribution in [0.5, 0.6) is 0 Å². The number of sulfonamides is 1. The molecule has 4 nitrogen and oxygen atoms in total. The van der Waals surface area contributed by atoms with Gasteiger partial charge in [-0.2, -0.15) is 0 Å². The zero-order valence-electron chi connectivity index (χ0n) is 9.62. The number of nitrogens with one attached hydrogen (secondary N) is 1. The molecule has 0 saturated heterocycles. The van der Waals surface area contributed by atoms with Gasteiger partial charge in [0.05, 0.1) is 5.02 Å². The summed E-state index contributed by atoms with van der Waals surface area (Å²) in [5.41, 5.74) is 5.41. The van der Waals surface area contributed by atoms with Gasteiger partial charge in [0.2, 0.25) is 10.0 Å². The Kier molecular flexibility index (Phi) is 3.64. The Bertz CT molecular complexity index is 558. The van der Waals surface area contributed by atoms with Crippen LogP contribution in [0.2, 0.25) is 5.02 Å². The van der Waals surface area contributed by atoms with Gasteiger partial charge in [0.25, 0.3) is 0 Å². The molecule has 0 radical (unpaired) electrons. The van der Waals surface area contributed by atoms with Gasteiger partial charge in [0, 0.05) is 12.1 Å². The highest BCUT2D eigenvalue weighted by Gasteiger charge is 2.34. The molecule has 0 amide bonds. The molecule has 0 heterocycles. The fourth-order valence-electron chi connectivity index (χ4n) is 1.82. The monoisotopic (exact) mass is 292 g/mol. The van der Waals surface area contributed by atoms with Crippen LogP contribution in [-0.2, 0) is 10.0 Å². The molecule has 0 aliphatic heterocycles. The molecule has 0 spiro atoms. The summed E-state index contributed by atoms with van der Waals surface area (Å²) in [5.74, 6) is -0.939. The van der Waals surface area contributed by atoms with Crippen LogP contribution in [0.25, 0.3) is 0 Å². The molecule has 2 rings (SSSR count). The van der Waals surface area contributed by atoms with E-state index >= 15 is 0 Å². The highest BCUT2D eigenvalue weighted by Crippen LogP contribution is 2.29. The van der Waals surface area contributed by atoms with Crippen molar-refractivity contribution in [1.29, 1.82) is 0 Å². The lowest BCUT2D eigenvalue weighted by Gasteiger charge is -2.38. The summed E-state index contributed by atoms with van der Waals surface area (Å²) in [6.45, 7) is 0.112. The first-order valence-electron chi connectivity index (χ1n) is 5.57. The van der Waals surface area contributed by atoms with Crippen LogP contribution in [0, 0.1) is 5.82 Å². The molecule has 0 aromatic heterocycles. The molecule has 0 atom stereocenters. The van der Waals surface area contributed by atoms with E-state index < -0.39 is 26.3 Å². The minimum atomic E-state index is -3.91. The number of halogens is 2. The van der Waals surface area contributed by atoms with Crippen LogP contribution in [0.4, 0.5) is 4.39 Å². The van der Waals surface area contributed by atoms with Crippen LogP contribution in [0.15, 0.2) is 23.1 Å². The Morgan fingerprint density at radius 1 is 1.44 bits per heavy atom. The maximum atomic E-state index is 13.6. The summed E-state index contributed by atoms with van der Waals surface area (Å²) < 4.78 is 39.8. The molecule has 7 heteroatoms. The van der Waals surface area contributed by atoms with Crippen molar-refractivity contribution in [3.05, 3.63) is 29.0 Å². The molecule has 1 aliphatic carbocycles. The number of hydrogen-bond donors (Lipinski definition) is 2. The summed E-state index contributed by atoms with van der Waals surface area (Å²) in [6, 6.07) is 3.86. The van der Waals surface area contributed by atoms with Crippen LogP contribution >= 0.6 is 11.6 Å². The van der Waals surface area contributed by atoms with Crippen molar-refractivity contribution in [2.24, 2.45) is 5.73 Å². The second-order valence-electron chi connectivity index (χ2n) is 4.59. The normalized spacial score (nSPS) is 18.4. The molecule has 1 aliphatic rings. The number of nitrogens with two attached hydrogens (primary N) is 1. The maximum absolute atomic E-state index is 13.6. The first kappa shape index (κ1) is 13.7. The van der Waals surface area contributed by atoms with E-state index in [4.69, 9.17) is 17.3 Å². The van der Waals surface area contributed by atoms with E-state index in [-0.39, 0.29) is 11.6 Å². The standard InChI is InChI=1S/C11H14ClFN2O2S/c12-8-3-1-4-9(10(8)13)18(16,17)15-7-11(14)5-2-6-11/h1,3-4,15H,2,5-7,14H2. The van der Waals surface area contributed by atoms with E-state index in [0.717, 1.165) is 19.3 Å². The van der Waals surface area contributed by atoms with E-state index in [1.165, 1.54) is 18.2 Å². The van der Waals surface area contributed by atoms with Crippen molar-refractivity contribution in [3.63, 3.8) is 0 Å². The second kappa shape index (κ2) is 4.77. The predicted molar refractivity (Wildman–Crippen MR) is 67.4 cm³/mol. The van der Waals surface area contributed by atoms with Crippen LogP contribution in [0.3, 0.4) is 0 Å². The van der Waals surface area contributed by atoms with E-state index in [1.807, 2.05) is 0 Å². The summed E-state index contributed by atoms with van der Waals surface area (Å²) in [7, 11) is -3.91. The van der Waals surface area contributed by atoms with Crippen molar-refractivity contribution in [2.45, 2.75) is 29.7 Å². The van der Waals surface area contributed by atoms with E-state index in [1.54, 1.807) is 0 Å². The van der Waals surface area contributed by atoms with Gasteiger partial charge in [0.1, 0.15) is 4.90 Å². The van der Waals surface area contributed by atoms with Gasteiger partial charge in [-0.1, -0.05) is 17.7 Å². The fraction of sp³-hybridized carbons (Fsp3) is 0.455. The first-order chi connectivity index (χ1) is 8.34. The largest absolute Gasteiger partial charge is 0.324 e. The molecule has 100 valence electrons. The van der Waals surface area contributed by atoms with Crippen molar-refractivity contribution >= 4 is 21.6 Å². The fourth-order valence-corrected chi connectivity index (χ4v) is 3.28. The smallest absolute Gasteiger partial charge is 0.243 e. The van der Waals surface area contributed by atoms with Crippen LogP contribution in [-0.4, -0.2) is 20.5 Å².